The van der Waals surface area contributed by atoms with Crippen LogP contribution in [-0.4, -0.2) is 31.6 Å². The van der Waals surface area contributed by atoms with E-state index in [9.17, 15) is 4.79 Å². The molecule has 0 heterocycles. The normalized spacial score (nSPS) is 15.9. The first-order valence-electron chi connectivity index (χ1n) is 6.86. The molecule has 4 heteroatoms. The fourth-order valence-corrected chi connectivity index (χ4v) is 1.98. The maximum absolute atomic E-state index is 11.8. The van der Waals surface area contributed by atoms with Crippen LogP contribution in [0.3, 0.4) is 0 Å². The molecular formula is C15H22N2O2. The number of ether oxygens (including phenoxy) is 1. The summed E-state index contributed by atoms with van der Waals surface area (Å²) in [5, 5.41) is 6.25. The predicted octanol–water partition coefficient (Wildman–Crippen LogP) is 1.49. The first-order valence-corrected chi connectivity index (χ1v) is 6.86. The molecule has 2 rings (SSSR count). The van der Waals surface area contributed by atoms with Crippen LogP contribution in [0.4, 0.5) is 0 Å². The number of para-hydroxylation sites is 1. The van der Waals surface area contributed by atoms with Crippen LogP contribution in [0.25, 0.3) is 0 Å². The molecule has 1 saturated carbocycles. The molecule has 0 radical (unpaired) electrons. The molecule has 19 heavy (non-hydrogen) atoms. The number of amides is 1. The van der Waals surface area contributed by atoms with Crippen LogP contribution in [0.5, 0.6) is 5.75 Å². The summed E-state index contributed by atoms with van der Waals surface area (Å²) in [6.07, 6.45) is 3.10. The van der Waals surface area contributed by atoms with E-state index in [1.807, 2.05) is 25.1 Å². The minimum absolute atomic E-state index is 0.0996. The van der Waals surface area contributed by atoms with Gasteiger partial charge in [-0.15, -0.1) is 0 Å². The first kappa shape index (κ1) is 13.9. The SMILES string of the molecule is COc1ccccc1CCNC(C)C(=O)NC1CC1. The average molecular weight is 262 g/mol. The van der Waals surface area contributed by atoms with Crippen molar-refractivity contribution in [3.05, 3.63) is 29.8 Å². The van der Waals surface area contributed by atoms with Gasteiger partial charge in [0.2, 0.25) is 5.91 Å². The van der Waals surface area contributed by atoms with Gasteiger partial charge in [0.15, 0.2) is 0 Å². The van der Waals surface area contributed by atoms with Gasteiger partial charge in [0.05, 0.1) is 13.2 Å². The number of methoxy groups -OCH3 is 1. The number of nitrogens with one attached hydrogen (secondary N) is 2. The summed E-state index contributed by atoms with van der Waals surface area (Å²) in [6, 6.07) is 8.25. The number of benzene rings is 1. The lowest BCUT2D eigenvalue weighted by Gasteiger charge is -2.14. The van der Waals surface area contributed by atoms with Gasteiger partial charge in [-0.05, 0) is 37.8 Å². The molecule has 1 amide bonds. The third kappa shape index (κ3) is 4.24. The van der Waals surface area contributed by atoms with Crippen molar-refractivity contribution in [3.8, 4) is 5.75 Å². The Morgan fingerprint density at radius 1 is 1.42 bits per heavy atom. The third-order valence-corrected chi connectivity index (χ3v) is 3.35. The Labute approximate surface area is 114 Å². The molecule has 0 saturated heterocycles. The molecular weight excluding hydrogens is 240 g/mol. The van der Waals surface area contributed by atoms with E-state index in [0.717, 1.165) is 37.1 Å². The zero-order valence-electron chi connectivity index (χ0n) is 11.6. The van der Waals surface area contributed by atoms with Crippen molar-refractivity contribution in [1.29, 1.82) is 0 Å². The second kappa shape index (κ2) is 6.57. The smallest absolute Gasteiger partial charge is 0.237 e. The van der Waals surface area contributed by atoms with Crippen molar-refractivity contribution in [3.63, 3.8) is 0 Å². The van der Waals surface area contributed by atoms with Crippen LogP contribution in [0.2, 0.25) is 0 Å². The molecule has 0 aromatic heterocycles. The summed E-state index contributed by atoms with van der Waals surface area (Å²) in [5.41, 5.74) is 1.16. The van der Waals surface area contributed by atoms with Gasteiger partial charge in [0.25, 0.3) is 0 Å². The molecule has 1 unspecified atom stereocenters. The minimum Gasteiger partial charge on any atom is -0.496 e. The van der Waals surface area contributed by atoms with Gasteiger partial charge in [-0.1, -0.05) is 18.2 Å². The number of hydrogen-bond acceptors (Lipinski definition) is 3. The Kier molecular flexibility index (Phi) is 4.80. The molecule has 4 nitrogen and oxygen atoms in total. The van der Waals surface area contributed by atoms with Crippen molar-refractivity contribution >= 4 is 5.91 Å². The Morgan fingerprint density at radius 2 is 2.16 bits per heavy atom. The van der Waals surface area contributed by atoms with Crippen LogP contribution in [0.15, 0.2) is 24.3 Å². The quantitative estimate of drug-likeness (QED) is 0.783. The summed E-state index contributed by atoms with van der Waals surface area (Å²) < 4.78 is 5.30. The molecule has 1 aromatic rings. The Bertz CT molecular complexity index is 430. The van der Waals surface area contributed by atoms with Crippen molar-refractivity contribution < 1.29 is 9.53 Å². The highest BCUT2D eigenvalue weighted by Gasteiger charge is 2.25. The van der Waals surface area contributed by atoms with Crippen molar-refractivity contribution in [2.75, 3.05) is 13.7 Å². The zero-order valence-corrected chi connectivity index (χ0v) is 11.6. The summed E-state index contributed by atoms with van der Waals surface area (Å²) in [5.74, 6) is 1.00. The van der Waals surface area contributed by atoms with Gasteiger partial charge in [0, 0.05) is 12.6 Å². The lowest BCUT2D eigenvalue weighted by atomic mass is 10.1. The molecule has 2 N–H and O–H groups in total. The Balaban J connectivity index is 1.74. The van der Waals surface area contributed by atoms with Gasteiger partial charge >= 0.3 is 0 Å². The Hall–Kier alpha value is -1.55. The maximum Gasteiger partial charge on any atom is 0.237 e. The Morgan fingerprint density at radius 3 is 2.84 bits per heavy atom. The molecule has 0 bridgehead atoms. The fourth-order valence-electron chi connectivity index (χ4n) is 1.98. The molecule has 1 atom stereocenters. The topological polar surface area (TPSA) is 50.4 Å². The molecule has 1 aliphatic carbocycles. The minimum atomic E-state index is -0.143. The zero-order chi connectivity index (χ0) is 13.7. The summed E-state index contributed by atoms with van der Waals surface area (Å²) in [4.78, 5) is 11.8. The fraction of sp³-hybridized carbons (Fsp3) is 0.533. The van der Waals surface area contributed by atoms with Gasteiger partial charge in [0.1, 0.15) is 5.75 Å². The van der Waals surface area contributed by atoms with E-state index in [-0.39, 0.29) is 11.9 Å². The van der Waals surface area contributed by atoms with E-state index in [4.69, 9.17) is 4.74 Å². The van der Waals surface area contributed by atoms with E-state index in [1.54, 1.807) is 7.11 Å². The second-order valence-electron chi connectivity index (χ2n) is 5.02. The lowest BCUT2D eigenvalue weighted by molar-refractivity contribution is -0.122. The highest BCUT2D eigenvalue weighted by molar-refractivity contribution is 5.81. The number of rotatable bonds is 7. The average Bonchev–Trinajstić information content (AvgIpc) is 3.23. The van der Waals surface area contributed by atoms with Gasteiger partial charge in [-0.3, -0.25) is 4.79 Å². The third-order valence-electron chi connectivity index (χ3n) is 3.35. The van der Waals surface area contributed by atoms with Crippen molar-refractivity contribution in [1.82, 2.24) is 10.6 Å². The summed E-state index contributed by atoms with van der Waals surface area (Å²) in [6.45, 7) is 2.67. The van der Waals surface area contributed by atoms with E-state index >= 15 is 0 Å². The molecule has 0 spiro atoms. The maximum atomic E-state index is 11.8. The summed E-state index contributed by atoms with van der Waals surface area (Å²) in [7, 11) is 1.68. The van der Waals surface area contributed by atoms with Crippen LogP contribution in [0.1, 0.15) is 25.3 Å². The van der Waals surface area contributed by atoms with Crippen molar-refractivity contribution in [2.45, 2.75) is 38.3 Å². The van der Waals surface area contributed by atoms with E-state index in [1.165, 1.54) is 0 Å². The van der Waals surface area contributed by atoms with Crippen molar-refractivity contribution in [2.24, 2.45) is 0 Å². The van der Waals surface area contributed by atoms with Crippen LogP contribution in [0, 0.1) is 0 Å². The highest BCUT2D eigenvalue weighted by Crippen LogP contribution is 2.19. The second-order valence-corrected chi connectivity index (χ2v) is 5.02. The molecule has 1 fully saturated rings. The van der Waals surface area contributed by atoms with Gasteiger partial charge in [-0.25, -0.2) is 0 Å². The highest BCUT2D eigenvalue weighted by atomic mass is 16.5. The van der Waals surface area contributed by atoms with Crippen LogP contribution >= 0.6 is 0 Å². The monoisotopic (exact) mass is 262 g/mol. The first-order chi connectivity index (χ1) is 9.20. The van der Waals surface area contributed by atoms with E-state index in [2.05, 4.69) is 16.7 Å². The lowest BCUT2D eigenvalue weighted by Crippen LogP contribution is -2.43. The van der Waals surface area contributed by atoms with Crippen LogP contribution < -0.4 is 15.4 Å². The van der Waals surface area contributed by atoms with Gasteiger partial charge in [-0.2, -0.15) is 0 Å². The van der Waals surface area contributed by atoms with Crippen LogP contribution in [-0.2, 0) is 11.2 Å². The predicted molar refractivity (Wildman–Crippen MR) is 75.3 cm³/mol. The number of carbonyl (C=O) groups is 1. The molecule has 0 aliphatic heterocycles. The van der Waals surface area contributed by atoms with Gasteiger partial charge < -0.3 is 15.4 Å². The largest absolute Gasteiger partial charge is 0.496 e. The number of hydrogen-bond donors (Lipinski definition) is 2. The molecule has 1 aromatic carbocycles. The standard InChI is InChI=1S/C15H22N2O2/c1-11(15(18)17-13-7-8-13)16-10-9-12-5-3-4-6-14(12)19-2/h3-6,11,13,16H,7-10H2,1-2H3,(H,17,18). The molecule has 1 aliphatic rings. The van der Waals surface area contributed by atoms with E-state index in [0.29, 0.717) is 6.04 Å². The molecule has 104 valence electrons. The van der Waals surface area contributed by atoms with E-state index < -0.39 is 0 Å². The number of carbonyl (C=O) groups excluding carboxylic acids is 1. The summed E-state index contributed by atoms with van der Waals surface area (Å²) >= 11 is 0.